The first-order chi connectivity index (χ1) is 8.43. The Labute approximate surface area is 102 Å². The van der Waals surface area contributed by atoms with E-state index < -0.39 is 16.7 Å². The van der Waals surface area contributed by atoms with E-state index in [1.807, 2.05) is 0 Å². The van der Waals surface area contributed by atoms with Crippen molar-refractivity contribution in [1.29, 1.82) is 0 Å². The summed E-state index contributed by atoms with van der Waals surface area (Å²) in [5, 5.41) is 10.7. The molecule has 7 heteroatoms. The van der Waals surface area contributed by atoms with E-state index in [9.17, 15) is 19.3 Å². The molecule has 18 heavy (non-hydrogen) atoms. The van der Waals surface area contributed by atoms with Gasteiger partial charge in [-0.3, -0.25) is 10.1 Å². The number of nitro groups is 1. The highest BCUT2D eigenvalue weighted by Crippen LogP contribution is 2.21. The van der Waals surface area contributed by atoms with Crippen LogP contribution in [0, 0.1) is 15.9 Å². The number of rotatable bonds is 4. The summed E-state index contributed by atoms with van der Waals surface area (Å²) in [7, 11) is 1.18. The molecular weight excluding hydrogens is 243 g/mol. The maximum absolute atomic E-state index is 13.0. The number of hydrogen-bond acceptors (Lipinski definition) is 5. The van der Waals surface area contributed by atoms with Gasteiger partial charge in [-0.25, -0.2) is 9.18 Å². The van der Waals surface area contributed by atoms with Crippen LogP contribution in [0.2, 0.25) is 0 Å². The largest absolute Gasteiger partial charge is 0.466 e. The van der Waals surface area contributed by atoms with E-state index in [2.05, 4.69) is 4.74 Å². The van der Waals surface area contributed by atoms with Gasteiger partial charge in [0.25, 0.3) is 5.69 Å². The molecule has 0 saturated heterocycles. The van der Waals surface area contributed by atoms with Crippen LogP contribution in [0.1, 0.15) is 5.56 Å². The van der Waals surface area contributed by atoms with Gasteiger partial charge in [0.2, 0.25) is 0 Å². The van der Waals surface area contributed by atoms with Crippen molar-refractivity contribution in [2.75, 3.05) is 7.11 Å². The molecule has 0 bridgehead atoms. The van der Waals surface area contributed by atoms with Crippen molar-refractivity contribution in [3.05, 3.63) is 51.5 Å². The minimum Gasteiger partial charge on any atom is -0.466 e. The van der Waals surface area contributed by atoms with Crippen LogP contribution in [0.3, 0.4) is 0 Å². The Morgan fingerprint density at radius 2 is 2.28 bits per heavy atom. The lowest BCUT2D eigenvalue weighted by molar-refractivity contribution is -0.385. The number of carbonyl (C=O) groups is 1. The number of ether oxygens (including phenoxy) is 1. The van der Waals surface area contributed by atoms with Gasteiger partial charge in [0, 0.05) is 29.8 Å². The summed E-state index contributed by atoms with van der Waals surface area (Å²) in [5.41, 5.74) is 5.41. The molecule has 0 aromatic heterocycles. The molecule has 0 unspecified atom stereocenters. The topological polar surface area (TPSA) is 95.5 Å². The minimum atomic E-state index is -0.674. The van der Waals surface area contributed by atoms with Gasteiger partial charge < -0.3 is 10.5 Å². The van der Waals surface area contributed by atoms with Crippen LogP contribution in [0.5, 0.6) is 0 Å². The number of benzene rings is 1. The number of nitrogens with zero attached hydrogens (tertiary/aromatic N) is 1. The van der Waals surface area contributed by atoms with Crippen molar-refractivity contribution in [1.82, 2.24) is 0 Å². The molecule has 96 valence electrons. The number of esters is 1. The van der Waals surface area contributed by atoms with Crippen LogP contribution in [0.25, 0.3) is 0 Å². The van der Waals surface area contributed by atoms with Gasteiger partial charge in [-0.15, -0.1) is 0 Å². The Balaban J connectivity index is 3.03. The molecule has 0 atom stereocenters. The molecule has 0 spiro atoms. The third-order valence-corrected chi connectivity index (χ3v) is 2.14. The molecule has 0 radical (unpaired) electrons. The Hall–Kier alpha value is -2.44. The molecule has 0 aliphatic heterocycles. The number of methoxy groups -OCH3 is 1. The molecule has 0 aliphatic rings. The van der Waals surface area contributed by atoms with Gasteiger partial charge in [-0.2, -0.15) is 0 Å². The summed E-state index contributed by atoms with van der Waals surface area (Å²) < 4.78 is 17.4. The summed E-state index contributed by atoms with van der Waals surface area (Å²) in [6, 6.07) is 3.05. The number of nitrogens with two attached hydrogens (primary N) is 1. The summed E-state index contributed by atoms with van der Waals surface area (Å²) in [6.07, 6.45) is 0.887. The highest BCUT2D eigenvalue weighted by Gasteiger charge is 2.15. The number of allylic oxidation sites excluding steroid dienone is 1. The summed E-state index contributed by atoms with van der Waals surface area (Å²) in [5.74, 6) is -1.28. The quantitative estimate of drug-likeness (QED) is 0.378. The third kappa shape index (κ3) is 3.55. The second-order valence-corrected chi connectivity index (χ2v) is 3.45. The molecule has 0 amide bonds. The number of nitro benzene ring substituents is 1. The van der Waals surface area contributed by atoms with Crippen molar-refractivity contribution in [2.24, 2.45) is 5.73 Å². The van der Waals surface area contributed by atoms with Crippen LogP contribution in [-0.2, 0) is 16.0 Å². The van der Waals surface area contributed by atoms with E-state index in [0.717, 1.165) is 24.3 Å². The standard InChI is InChI=1S/C11H11FN2O4/c1-18-11(15)6-9(13)5-7-4-8(12)2-3-10(7)14(16)17/h2-4,6H,5,13H2,1H3/b9-6-. The monoisotopic (exact) mass is 254 g/mol. The van der Waals surface area contributed by atoms with Gasteiger partial charge in [-0.1, -0.05) is 0 Å². The van der Waals surface area contributed by atoms with Crippen molar-refractivity contribution in [3.8, 4) is 0 Å². The fourth-order valence-corrected chi connectivity index (χ4v) is 1.36. The molecule has 1 aromatic carbocycles. The van der Waals surface area contributed by atoms with E-state index in [1.165, 1.54) is 7.11 Å². The van der Waals surface area contributed by atoms with Crippen LogP contribution < -0.4 is 5.73 Å². The average molecular weight is 254 g/mol. The second kappa shape index (κ2) is 5.76. The van der Waals surface area contributed by atoms with Crippen LogP contribution >= 0.6 is 0 Å². The van der Waals surface area contributed by atoms with Gasteiger partial charge in [0.15, 0.2) is 0 Å². The van der Waals surface area contributed by atoms with Gasteiger partial charge in [0.05, 0.1) is 12.0 Å². The van der Waals surface area contributed by atoms with Gasteiger partial charge in [-0.05, 0) is 12.1 Å². The lowest BCUT2D eigenvalue weighted by Gasteiger charge is -2.03. The second-order valence-electron chi connectivity index (χ2n) is 3.45. The van der Waals surface area contributed by atoms with Crippen molar-refractivity contribution >= 4 is 11.7 Å². The van der Waals surface area contributed by atoms with E-state index >= 15 is 0 Å². The fourth-order valence-electron chi connectivity index (χ4n) is 1.36. The van der Waals surface area contributed by atoms with Gasteiger partial charge >= 0.3 is 5.97 Å². The number of carbonyl (C=O) groups excluding carboxylic acids is 1. The van der Waals surface area contributed by atoms with E-state index in [4.69, 9.17) is 5.73 Å². The highest BCUT2D eigenvalue weighted by atomic mass is 19.1. The predicted molar refractivity (Wildman–Crippen MR) is 61.0 cm³/mol. The highest BCUT2D eigenvalue weighted by molar-refractivity contribution is 5.82. The maximum Gasteiger partial charge on any atom is 0.332 e. The average Bonchev–Trinajstić information content (AvgIpc) is 2.28. The van der Waals surface area contributed by atoms with E-state index in [0.29, 0.717) is 0 Å². The van der Waals surface area contributed by atoms with Crippen LogP contribution in [-0.4, -0.2) is 18.0 Å². The first-order valence-electron chi connectivity index (χ1n) is 4.91. The molecular formula is C11H11FN2O4. The molecule has 0 saturated carbocycles. The molecule has 0 aliphatic carbocycles. The lowest BCUT2D eigenvalue weighted by Crippen LogP contribution is -2.08. The lowest BCUT2D eigenvalue weighted by atomic mass is 10.1. The zero-order chi connectivity index (χ0) is 13.7. The normalized spacial score (nSPS) is 11.1. The zero-order valence-corrected chi connectivity index (χ0v) is 9.55. The first kappa shape index (κ1) is 13.6. The number of halogens is 1. The molecule has 2 N–H and O–H groups in total. The Kier molecular flexibility index (Phi) is 4.36. The fraction of sp³-hybridized carbons (Fsp3) is 0.182. The van der Waals surface area contributed by atoms with Crippen LogP contribution in [0.4, 0.5) is 10.1 Å². The Morgan fingerprint density at radius 1 is 1.61 bits per heavy atom. The maximum atomic E-state index is 13.0. The van der Waals surface area contributed by atoms with Crippen molar-refractivity contribution < 1.29 is 18.8 Å². The number of hydrogen-bond donors (Lipinski definition) is 1. The van der Waals surface area contributed by atoms with Crippen molar-refractivity contribution in [2.45, 2.75) is 6.42 Å². The minimum absolute atomic E-state index is 0.0514. The smallest absolute Gasteiger partial charge is 0.332 e. The van der Waals surface area contributed by atoms with E-state index in [-0.39, 0.29) is 23.4 Å². The zero-order valence-electron chi connectivity index (χ0n) is 9.55. The SMILES string of the molecule is COC(=O)/C=C(\N)Cc1cc(F)ccc1[N+](=O)[O-]. The molecule has 1 rings (SSSR count). The molecule has 1 aromatic rings. The third-order valence-electron chi connectivity index (χ3n) is 2.14. The molecule has 0 heterocycles. The Morgan fingerprint density at radius 3 is 2.83 bits per heavy atom. The first-order valence-corrected chi connectivity index (χ1v) is 4.91. The summed E-state index contributed by atoms with van der Waals surface area (Å²) in [4.78, 5) is 21.0. The molecule has 6 nitrogen and oxygen atoms in total. The van der Waals surface area contributed by atoms with E-state index in [1.54, 1.807) is 0 Å². The predicted octanol–water partition coefficient (Wildman–Crippen LogP) is 1.29. The van der Waals surface area contributed by atoms with Crippen molar-refractivity contribution in [3.63, 3.8) is 0 Å². The summed E-state index contributed by atoms with van der Waals surface area (Å²) in [6.45, 7) is 0. The Bertz CT molecular complexity index is 514. The molecule has 0 fully saturated rings. The summed E-state index contributed by atoms with van der Waals surface area (Å²) >= 11 is 0. The van der Waals surface area contributed by atoms with Gasteiger partial charge in [0.1, 0.15) is 5.82 Å². The van der Waals surface area contributed by atoms with Crippen LogP contribution in [0.15, 0.2) is 30.0 Å².